The molecule has 24 heavy (non-hydrogen) atoms. The number of esters is 1. The van der Waals surface area contributed by atoms with E-state index in [9.17, 15) is 9.59 Å². The second-order valence-electron chi connectivity index (χ2n) is 5.36. The molecule has 0 radical (unpaired) electrons. The first kappa shape index (κ1) is 17.4. The summed E-state index contributed by atoms with van der Waals surface area (Å²) in [6.07, 6.45) is 1.90. The van der Waals surface area contributed by atoms with Crippen LogP contribution < -0.4 is 5.43 Å². The van der Waals surface area contributed by atoms with Crippen molar-refractivity contribution in [3.05, 3.63) is 51.4 Å². The fourth-order valence-corrected chi connectivity index (χ4v) is 2.17. The van der Waals surface area contributed by atoms with E-state index >= 15 is 0 Å². The fourth-order valence-electron chi connectivity index (χ4n) is 2.17. The minimum absolute atomic E-state index is 0.112. The van der Waals surface area contributed by atoms with Crippen LogP contribution in [0.4, 0.5) is 0 Å². The van der Waals surface area contributed by atoms with Gasteiger partial charge in [-0.1, -0.05) is 11.6 Å². The fraction of sp³-hybridized carbons (Fsp3) is 0.278. The highest BCUT2D eigenvalue weighted by atomic mass is 16.6. The van der Waals surface area contributed by atoms with Gasteiger partial charge in [0.25, 0.3) is 0 Å². The maximum atomic E-state index is 12.5. The average molecular weight is 327 g/mol. The van der Waals surface area contributed by atoms with Crippen LogP contribution in [0.15, 0.2) is 39.2 Å². The van der Waals surface area contributed by atoms with Crippen molar-refractivity contribution >= 4 is 23.0 Å². The molecule has 0 aliphatic carbocycles. The molecule has 1 aromatic carbocycles. The summed E-state index contributed by atoms with van der Waals surface area (Å²) >= 11 is 0. The quantitative estimate of drug-likeness (QED) is 0.476. The van der Waals surface area contributed by atoms with E-state index in [2.05, 4.69) is 0 Å². The number of nitriles is 1. The third kappa shape index (κ3) is 3.89. The first-order chi connectivity index (χ1) is 11.5. The number of methoxy groups -OCH3 is 1. The molecule has 6 nitrogen and oxygen atoms in total. The molecule has 124 valence electrons. The molecule has 0 aliphatic rings. The van der Waals surface area contributed by atoms with Crippen molar-refractivity contribution < 1.29 is 18.7 Å². The summed E-state index contributed by atoms with van der Waals surface area (Å²) in [7, 11) is 1.48. The number of fused-ring (bicyclic) bond motifs is 1. The second kappa shape index (κ2) is 7.57. The van der Waals surface area contributed by atoms with E-state index in [0.717, 1.165) is 5.56 Å². The van der Waals surface area contributed by atoms with Crippen LogP contribution in [-0.2, 0) is 14.3 Å². The van der Waals surface area contributed by atoms with Gasteiger partial charge in [-0.05, 0) is 32.1 Å². The van der Waals surface area contributed by atoms with Gasteiger partial charge in [-0.3, -0.25) is 4.79 Å². The number of carbonyl (C=O) groups is 1. The normalized spacial score (nSPS) is 12.7. The van der Waals surface area contributed by atoms with Gasteiger partial charge < -0.3 is 13.9 Å². The van der Waals surface area contributed by atoms with Crippen molar-refractivity contribution in [1.82, 2.24) is 0 Å². The Bertz CT molecular complexity index is 888. The lowest BCUT2D eigenvalue weighted by Gasteiger charge is -2.11. The van der Waals surface area contributed by atoms with Crippen molar-refractivity contribution in [1.29, 1.82) is 5.26 Å². The van der Waals surface area contributed by atoms with Gasteiger partial charge in [-0.25, -0.2) is 4.79 Å². The molecular formula is C18H17NO5. The van der Waals surface area contributed by atoms with Crippen molar-refractivity contribution in [2.45, 2.75) is 20.0 Å². The molecule has 6 heteroatoms. The van der Waals surface area contributed by atoms with Crippen LogP contribution >= 0.6 is 0 Å². The Morgan fingerprint density at radius 2 is 2.21 bits per heavy atom. The minimum atomic E-state index is -0.814. The van der Waals surface area contributed by atoms with Crippen molar-refractivity contribution in [3.8, 4) is 6.07 Å². The second-order valence-corrected chi connectivity index (χ2v) is 5.36. The molecule has 1 atom stereocenters. The summed E-state index contributed by atoms with van der Waals surface area (Å²) in [6, 6.07) is 6.98. The van der Waals surface area contributed by atoms with Gasteiger partial charge in [0.1, 0.15) is 29.6 Å². The zero-order chi connectivity index (χ0) is 17.7. The number of hydrogen-bond donors (Lipinski definition) is 0. The van der Waals surface area contributed by atoms with Gasteiger partial charge >= 0.3 is 5.97 Å². The molecule has 2 rings (SSSR count). The van der Waals surface area contributed by atoms with E-state index in [4.69, 9.17) is 19.2 Å². The standard InChI is InChI=1S/C18H17NO5/c1-11-4-5-16-15(6-11)17(20)14(10-23-16)7-13(8-19)18(21)24-12(2)9-22-3/h4-7,10,12H,9H2,1-3H3/b13-7+/t12-/m0/s1. The minimum Gasteiger partial charge on any atom is -0.463 e. The van der Waals surface area contributed by atoms with E-state index < -0.39 is 12.1 Å². The van der Waals surface area contributed by atoms with Crippen LogP contribution in [0.5, 0.6) is 0 Å². The van der Waals surface area contributed by atoms with Crippen LogP contribution in [0.3, 0.4) is 0 Å². The average Bonchev–Trinajstić information content (AvgIpc) is 2.55. The first-order valence-electron chi connectivity index (χ1n) is 7.30. The molecular weight excluding hydrogens is 310 g/mol. The predicted octanol–water partition coefficient (Wildman–Crippen LogP) is 2.59. The van der Waals surface area contributed by atoms with Gasteiger partial charge in [-0.15, -0.1) is 0 Å². The summed E-state index contributed by atoms with van der Waals surface area (Å²) < 4.78 is 15.3. The molecule has 0 unspecified atom stereocenters. The molecule has 0 bridgehead atoms. The summed E-state index contributed by atoms with van der Waals surface area (Å²) in [5, 5.41) is 9.56. The lowest BCUT2D eigenvalue weighted by Crippen LogP contribution is -2.20. The smallest absolute Gasteiger partial charge is 0.349 e. The number of aryl methyl sites for hydroxylation is 1. The number of hydrogen-bond acceptors (Lipinski definition) is 6. The van der Waals surface area contributed by atoms with E-state index in [1.54, 1.807) is 25.1 Å². The summed E-state index contributed by atoms with van der Waals surface area (Å²) in [4.78, 5) is 24.5. The van der Waals surface area contributed by atoms with E-state index in [1.165, 1.54) is 19.4 Å². The summed E-state index contributed by atoms with van der Waals surface area (Å²) in [5.41, 5.74) is 0.866. The van der Waals surface area contributed by atoms with Crippen molar-refractivity contribution in [3.63, 3.8) is 0 Å². The molecule has 0 N–H and O–H groups in total. The maximum Gasteiger partial charge on any atom is 0.349 e. The largest absolute Gasteiger partial charge is 0.463 e. The Morgan fingerprint density at radius 1 is 1.46 bits per heavy atom. The summed E-state index contributed by atoms with van der Waals surface area (Å²) in [5.74, 6) is -0.814. The van der Waals surface area contributed by atoms with E-state index in [0.29, 0.717) is 11.0 Å². The van der Waals surface area contributed by atoms with Crippen LogP contribution in [-0.4, -0.2) is 25.8 Å². The number of ether oxygens (including phenoxy) is 2. The van der Waals surface area contributed by atoms with Crippen molar-refractivity contribution in [2.75, 3.05) is 13.7 Å². The molecule has 0 amide bonds. The number of carbonyl (C=O) groups excluding carboxylic acids is 1. The van der Waals surface area contributed by atoms with Gasteiger partial charge in [0, 0.05) is 7.11 Å². The Hall–Kier alpha value is -2.91. The lowest BCUT2D eigenvalue weighted by atomic mass is 10.1. The Labute approximate surface area is 138 Å². The third-order valence-corrected chi connectivity index (χ3v) is 3.30. The van der Waals surface area contributed by atoms with Crippen LogP contribution in [0, 0.1) is 18.3 Å². The maximum absolute atomic E-state index is 12.5. The molecule has 0 saturated heterocycles. The van der Waals surface area contributed by atoms with Gasteiger partial charge in [0.05, 0.1) is 17.6 Å². The van der Waals surface area contributed by atoms with Gasteiger partial charge in [-0.2, -0.15) is 5.26 Å². The zero-order valence-corrected chi connectivity index (χ0v) is 13.7. The SMILES string of the molecule is COC[C@H](C)OC(=O)/C(C#N)=C/c1coc2ccc(C)cc2c1=O. The number of rotatable bonds is 5. The van der Waals surface area contributed by atoms with Gasteiger partial charge in [0.15, 0.2) is 5.43 Å². The number of benzene rings is 1. The van der Waals surface area contributed by atoms with E-state index in [1.807, 2.05) is 13.0 Å². The Balaban J connectivity index is 2.39. The highest BCUT2D eigenvalue weighted by Gasteiger charge is 2.16. The first-order valence-corrected chi connectivity index (χ1v) is 7.30. The molecule has 2 aromatic rings. The van der Waals surface area contributed by atoms with Crippen LogP contribution in [0.1, 0.15) is 18.1 Å². The third-order valence-electron chi connectivity index (χ3n) is 3.30. The number of nitrogens with zero attached hydrogens (tertiary/aromatic N) is 1. The molecule has 1 heterocycles. The summed E-state index contributed by atoms with van der Waals surface area (Å²) in [6.45, 7) is 3.71. The molecule has 0 aliphatic heterocycles. The Morgan fingerprint density at radius 3 is 2.88 bits per heavy atom. The monoisotopic (exact) mass is 327 g/mol. The molecule has 0 saturated carbocycles. The predicted molar refractivity (Wildman–Crippen MR) is 88.2 cm³/mol. The van der Waals surface area contributed by atoms with Crippen molar-refractivity contribution in [2.24, 2.45) is 0 Å². The highest BCUT2D eigenvalue weighted by molar-refractivity contribution is 5.98. The van der Waals surface area contributed by atoms with Gasteiger partial charge in [0.2, 0.25) is 0 Å². The zero-order valence-electron chi connectivity index (χ0n) is 13.7. The molecule has 0 fully saturated rings. The van der Waals surface area contributed by atoms with E-state index in [-0.39, 0.29) is 23.2 Å². The Kier molecular flexibility index (Phi) is 5.51. The lowest BCUT2D eigenvalue weighted by molar-refractivity contribution is -0.145. The topological polar surface area (TPSA) is 89.5 Å². The highest BCUT2D eigenvalue weighted by Crippen LogP contribution is 2.15. The molecule has 1 aromatic heterocycles. The van der Waals surface area contributed by atoms with Crippen LogP contribution in [0.25, 0.3) is 17.0 Å². The van der Waals surface area contributed by atoms with Crippen LogP contribution in [0.2, 0.25) is 0 Å². The molecule has 0 spiro atoms.